The van der Waals surface area contributed by atoms with E-state index >= 15 is 0 Å². The largest absolute Gasteiger partial charge is 0.467 e. The maximum absolute atomic E-state index is 13.5. The smallest absolute Gasteiger partial charge is 0.272 e. The first-order chi connectivity index (χ1) is 17.1. The predicted octanol–water partition coefficient (Wildman–Crippen LogP) is 5.30. The summed E-state index contributed by atoms with van der Waals surface area (Å²) in [5.74, 6) is 0.393. The Kier molecular flexibility index (Phi) is 5.51. The highest BCUT2D eigenvalue weighted by molar-refractivity contribution is 6.31. The van der Waals surface area contributed by atoms with Crippen molar-refractivity contribution in [2.45, 2.75) is 31.4 Å². The third-order valence-corrected chi connectivity index (χ3v) is 6.78. The standard InChI is InChI=1S/C27H22ClN3O4/c28-17-10-11-18-19(14-17)29-26(32)25(24(18)16-6-2-1-3-7-16)20-15-21(22-8-4-12-34-22)31(30-20)27(33)23-9-5-13-35-23/h1-4,6-8,10-12,14,21,23H,5,9,13,15H2,(H,29,32). The highest BCUT2D eigenvalue weighted by atomic mass is 35.5. The second-order valence-corrected chi connectivity index (χ2v) is 9.16. The zero-order valence-corrected chi connectivity index (χ0v) is 19.5. The maximum atomic E-state index is 13.5. The van der Waals surface area contributed by atoms with Gasteiger partial charge >= 0.3 is 0 Å². The molecule has 2 aliphatic rings. The molecule has 1 saturated heterocycles. The fourth-order valence-corrected chi connectivity index (χ4v) is 5.11. The van der Waals surface area contributed by atoms with Crippen LogP contribution in [-0.2, 0) is 9.53 Å². The summed E-state index contributed by atoms with van der Waals surface area (Å²) in [5, 5.41) is 7.54. The van der Waals surface area contributed by atoms with Crippen LogP contribution in [-0.4, -0.2) is 34.3 Å². The number of pyridine rings is 1. The van der Waals surface area contributed by atoms with E-state index in [9.17, 15) is 9.59 Å². The lowest BCUT2D eigenvalue weighted by molar-refractivity contribution is -0.143. The van der Waals surface area contributed by atoms with Crippen LogP contribution in [0.1, 0.15) is 36.6 Å². The molecule has 0 radical (unpaired) electrons. The van der Waals surface area contributed by atoms with E-state index in [4.69, 9.17) is 25.9 Å². The zero-order chi connectivity index (χ0) is 23.9. The summed E-state index contributed by atoms with van der Waals surface area (Å²) in [5.41, 5.74) is 2.94. The lowest BCUT2D eigenvalue weighted by Crippen LogP contribution is -2.35. The fraction of sp³-hybridized carbons (Fsp3) is 0.222. The summed E-state index contributed by atoms with van der Waals surface area (Å²) in [6.45, 7) is 0.553. The van der Waals surface area contributed by atoms with Gasteiger partial charge in [0, 0.05) is 29.0 Å². The number of nitrogens with zero attached hydrogens (tertiary/aromatic N) is 2. The molecule has 2 aromatic heterocycles. The summed E-state index contributed by atoms with van der Waals surface area (Å²) < 4.78 is 11.3. The number of nitrogens with one attached hydrogen (secondary N) is 1. The number of carbonyl (C=O) groups excluding carboxylic acids is 1. The van der Waals surface area contributed by atoms with Gasteiger partial charge in [-0.25, -0.2) is 5.01 Å². The third-order valence-electron chi connectivity index (χ3n) is 6.54. The lowest BCUT2D eigenvalue weighted by Gasteiger charge is -2.22. The molecule has 4 aromatic rings. The Balaban J connectivity index is 1.54. The first-order valence-electron chi connectivity index (χ1n) is 11.6. The molecule has 2 unspecified atom stereocenters. The molecule has 1 amide bonds. The molecule has 0 aliphatic carbocycles. The van der Waals surface area contributed by atoms with Crippen molar-refractivity contribution in [1.29, 1.82) is 0 Å². The van der Waals surface area contributed by atoms with E-state index in [2.05, 4.69) is 4.98 Å². The molecule has 176 valence electrons. The van der Waals surface area contributed by atoms with E-state index in [-0.39, 0.29) is 11.5 Å². The van der Waals surface area contributed by atoms with Crippen LogP contribution in [0.3, 0.4) is 0 Å². The number of halogens is 1. The van der Waals surface area contributed by atoms with E-state index in [0.717, 1.165) is 22.9 Å². The zero-order valence-electron chi connectivity index (χ0n) is 18.7. The van der Waals surface area contributed by atoms with Crippen LogP contribution in [0.5, 0.6) is 0 Å². The number of benzene rings is 2. The van der Waals surface area contributed by atoms with E-state index in [1.165, 1.54) is 5.01 Å². The number of carbonyl (C=O) groups is 1. The normalized spacial score (nSPS) is 19.9. The molecule has 1 N–H and O–H groups in total. The van der Waals surface area contributed by atoms with Gasteiger partial charge in [0.25, 0.3) is 11.5 Å². The third kappa shape index (κ3) is 3.87. The number of rotatable bonds is 4. The Bertz CT molecular complexity index is 1490. The van der Waals surface area contributed by atoms with Crippen LogP contribution >= 0.6 is 11.6 Å². The molecule has 4 heterocycles. The van der Waals surface area contributed by atoms with Crippen LogP contribution in [0.15, 0.2) is 81.2 Å². The summed E-state index contributed by atoms with van der Waals surface area (Å²) in [7, 11) is 0. The average molecular weight is 488 g/mol. The molecular weight excluding hydrogens is 466 g/mol. The number of furan rings is 1. The van der Waals surface area contributed by atoms with E-state index in [1.54, 1.807) is 24.5 Å². The summed E-state index contributed by atoms with van der Waals surface area (Å²) in [6.07, 6.45) is 2.86. The molecule has 2 aromatic carbocycles. The number of fused-ring (bicyclic) bond motifs is 1. The van der Waals surface area contributed by atoms with Crippen LogP contribution in [0.4, 0.5) is 0 Å². The molecule has 35 heavy (non-hydrogen) atoms. The Morgan fingerprint density at radius 3 is 2.69 bits per heavy atom. The van der Waals surface area contributed by atoms with Crippen LogP contribution < -0.4 is 5.56 Å². The average Bonchev–Trinajstić information content (AvgIpc) is 3.65. The van der Waals surface area contributed by atoms with Crippen molar-refractivity contribution < 1.29 is 13.9 Å². The second-order valence-electron chi connectivity index (χ2n) is 8.73. The summed E-state index contributed by atoms with van der Waals surface area (Å²) in [6, 6.07) is 18.3. The quantitative estimate of drug-likeness (QED) is 0.423. The van der Waals surface area contributed by atoms with Gasteiger partial charge < -0.3 is 14.1 Å². The van der Waals surface area contributed by atoms with Crippen LogP contribution in [0, 0.1) is 0 Å². The van der Waals surface area contributed by atoms with Crippen molar-refractivity contribution in [1.82, 2.24) is 9.99 Å². The number of hydrogen-bond acceptors (Lipinski definition) is 5. The van der Waals surface area contributed by atoms with E-state index < -0.39 is 12.1 Å². The monoisotopic (exact) mass is 487 g/mol. The van der Waals surface area contributed by atoms with Crippen molar-refractivity contribution in [2.75, 3.05) is 6.61 Å². The SMILES string of the molecule is O=C(C1CCCO1)N1N=C(c2c(-c3ccccc3)c3ccc(Cl)cc3[nH]c2=O)CC1c1ccco1. The summed E-state index contributed by atoms with van der Waals surface area (Å²) >= 11 is 6.22. The molecule has 8 heteroatoms. The number of aromatic amines is 1. The number of H-pyrrole nitrogens is 1. The number of ether oxygens (including phenoxy) is 1. The number of aromatic nitrogens is 1. The molecule has 6 rings (SSSR count). The maximum Gasteiger partial charge on any atom is 0.272 e. The van der Waals surface area contributed by atoms with Gasteiger partial charge in [0.15, 0.2) is 0 Å². The van der Waals surface area contributed by atoms with Crippen molar-refractivity contribution >= 4 is 34.1 Å². The van der Waals surface area contributed by atoms with E-state index in [1.807, 2.05) is 42.5 Å². The van der Waals surface area contributed by atoms with Gasteiger partial charge in [-0.2, -0.15) is 5.10 Å². The minimum atomic E-state index is -0.541. The molecule has 0 bridgehead atoms. The van der Waals surface area contributed by atoms with Gasteiger partial charge in [-0.15, -0.1) is 0 Å². The molecule has 2 aliphatic heterocycles. The molecule has 2 atom stereocenters. The van der Waals surface area contributed by atoms with Gasteiger partial charge in [-0.1, -0.05) is 48.0 Å². The Morgan fingerprint density at radius 2 is 1.94 bits per heavy atom. The molecular formula is C27H22ClN3O4. The Hall–Kier alpha value is -3.68. The number of hydrazone groups is 1. The van der Waals surface area contributed by atoms with Crippen LogP contribution in [0.2, 0.25) is 5.02 Å². The minimum absolute atomic E-state index is 0.218. The Labute approximate surface area is 206 Å². The number of hydrogen-bond donors (Lipinski definition) is 1. The van der Waals surface area contributed by atoms with Crippen LogP contribution in [0.25, 0.3) is 22.0 Å². The topological polar surface area (TPSA) is 87.9 Å². The van der Waals surface area contributed by atoms with E-state index in [0.29, 0.717) is 47.0 Å². The summed E-state index contributed by atoms with van der Waals surface area (Å²) in [4.78, 5) is 29.9. The van der Waals surface area contributed by atoms with Crippen molar-refractivity contribution in [3.05, 3.63) is 93.6 Å². The molecule has 0 spiro atoms. The second kappa shape index (κ2) is 8.83. The van der Waals surface area contributed by atoms with Gasteiger partial charge in [-0.3, -0.25) is 9.59 Å². The predicted molar refractivity (Wildman–Crippen MR) is 133 cm³/mol. The molecule has 7 nitrogen and oxygen atoms in total. The first kappa shape index (κ1) is 21.8. The van der Waals surface area contributed by atoms with Gasteiger partial charge in [0.2, 0.25) is 0 Å². The van der Waals surface area contributed by atoms with Crippen molar-refractivity contribution in [3.8, 4) is 11.1 Å². The lowest BCUT2D eigenvalue weighted by atomic mass is 9.92. The van der Waals surface area contributed by atoms with Gasteiger partial charge in [0.1, 0.15) is 17.9 Å². The van der Waals surface area contributed by atoms with Crippen molar-refractivity contribution in [2.24, 2.45) is 5.10 Å². The first-order valence-corrected chi connectivity index (χ1v) is 11.9. The van der Waals surface area contributed by atoms with Gasteiger partial charge in [-0.05, 0) is 42.7 Å². The fourth-order valence-electron chi connectivity index (χ4n) is 4.94. The molecule has 1 fully saturated rings. The number of amides is 1. The minimum Gasteiger partial charge on any atom is -0.467 e. The van der Waals surface area contributed by atoms with Crippen molar-refractivity contribution in [3.63, 3.8) is 0 Å². The molecule has 0 saturated carbocycles. The van der Waals surface area contributed by atoms with Gasteiger partial charge in [0.05, 0.1) is 23.1 Å². The Morgan fingerprint density at radius 1 is 1.09 bits per heavy atom. The highest BCUT2D eigenvalue weighted by Crippen LogP contribution is 2.38. The highest BCUT2D eigenvalue weighted by Gasteiger charge is 2.40.